The predicted octanol–water partition coefficient (Wildman–Crippen LogP) is 6.84. The smallest absolute Gasteiger partial charge is 0.224 e. The number of fused-ring (bicyclic) bond motifs is 1. The molecule has 0 aromatic heterocycles. The molecule has 1 unspecified atom stereocenters. The van der Waals surface area contributed by atoms with Crippen molar-refractivity contribution in [1.82, 2.24) is 5.32 Å². The Bertz CT molecular complexity index is 1180. The first-order valence-electron chi connectivity index (χ1n) is 13.9. The number of amides is 1. The number of halogens is 1. The maximum absolute atomic E-state index is 13.9. The van der Waals surface area contributed by atoms with Gasteiger partial charge in [0, 0.05) is 42.8 Å². The van der Waals surface area contributed by atoms with Gasteiger partial charge in [0.05, 0.1) is 16.7 Å². The van der Waals surface area contributed by atoms with Crippen LogP contribution in [0.4, 0.5) is 11.4 Å². The van der Waals surface area contributed by atoms with Gasteiger partial charge >= 0.3 is 0 Å². The van der Waals surface area contributed by atoms with Crippen molar-refractivity contribution < 1.29 is 13.2 Å². The molecule has 0 radical (unpaired) electrons. The van der Waals surface area contributed by atoms with Crippen molar-refractivity contribution in [3.8, 4) is 0 Å². The Balaban J connectivity index is 2.11. The van der Waals surface area contributed by atoms with Crippen LogP contribution >= 0.6 is 15.9 Å². The van der Waals surface area contributed by atoms with Crippen molar-refractivity contribution >= 4 is 43.0 Å². The summed E-state index contributed by atoms with van der Waals surface area (Å²) in [7, 11) is 0.405. The molecule has 1 amide bonds. The molecule has 0 saturated heterocycles. The van der Waals surface area contributed by atoms with Crippen LogP contribution in [0.25, 0.3) is 0 Å². The van der Waals surface area contributed by atoms with E-state index in [1.165, 1.54) is 0 Å². The van der Waals surface area contributed by atoms with E-state index in [0.717, 1.165) is 79.2 Å². The summed E-state index contributed by atoms with van der Waals surface area (Å²) < 4.78 is 27.8. The van der Waals surface area contributed by atoms with E-state index in [9.17, 15) is 13.2 Å². The minimum atomic E-state index is -3.53. The van der Waals surface area contributed by atoms with Gasteiger partial charge in [-0.05, 0) is 67.1 Å². The van der Waals surface area contributed by atoms with E-state index in [1.54, 1.807) is 6.07 Å². The molecule has 2 aromatic rings. The van der Waals surface area contributed by atoms with Crippen molar-refractivity contribution in [3.05, 3.63) is 53.6 Å². The molecule has 1 heterocycles. The van der Waals surface area contributed by atoms with Crippen molar-refractivity contribution in [2.45, 2.75) is 88.1 Å². The molecule has 0 aliphatic carbocycles. The second-order valence-electron chi connectivity index (χ2n) is 10.8. The summed E-state index contributed by atoms with van der Waals surface area (Å²) in [6.07, 6.45) is 7.81. The van der Waals surface area contributed by atoms with Crippen LogP contribution < -0.4 is 15.5 Å². The van der Waals surface area contributed by atoms with Crippen LogP contribution in [0, 0.1) is 0 Å². The van der Waals surface area contributed by atoms with Gasteiger partial charge in [-0.2, -0.15) is 0 Å². The summed E-state index contributed by atoms with van der Waals surface area (Å²) in [6.45, 7) is 4.30. The third-order valence-electron chi connectivity index (χ3n) is 7.38. The summed E-state index contributed by atoms with van der Waals surface area (Å²) >= 11 is 3.42. The highest BCUT2D eigenvalue weighted by molar-refractivity contribution is 9.09. The van der Waals surface area contributed by atoms with Crippen molar-refractivity contribution in [3.63, 3.8) is 0 Å². The molecular formula is C30H44BrN3O3S. The molecule has 210 valence electrons. The molecule has 3 rings (SSSR count). The Morgan fingerprint density at radius 1 is 1.05 bits per heavy atom. The second-order valence-corrected chi connectivity index (χ2v) is 13.5. The predicted molar refractivity (Wildman–Crippen MR) is 162 cm³/mol. The van der Waals surface area contributed by atoms with E-state index >= 15 is 0 Å². The highest BCUT2D eigenvalue weighted by Gasteiger charge is 2.42. The number of unbranched alkanes of at least 4 members (excludes halogenated alkanes) is 3. The first-order chi connectivity index (χ1) is 18.1. The number of benzene rings is 2. The number of anilines is 2. The highest BCUT2D eigenvalue weighted by Crippen LogP contribution is 2.40. The van der Waals surface area contributed by atoms with Crippen molar-refractivity contribution in [1.29, 1.82) is 0 Å². The maximum atomic E-state index is 13.9. The largest absolute Gasteiger partial charge is 0.378 e. The molecule has 6 nitrogen and oxygen atoms in total. The lowest BCUT2D eigenvalue weighted by Crippen LogP contribution is -2.50. The van der Waals surface area contributed by atoms with E-state index in [4.69, 9.17) is 0 Å². The van der Waals surface area contributed by atoms with Gasteiger partial charge in [0.15, 0.2) is 9.84 Å². The number of rotatable bonds is 13. The molecule has 2 N–H and O–H groups in total. The average molecular weight is 607 g/mol. The molecule has 1 atom stereocenters. The fourth-order valence-electron chi connectivity index (χ4n) is 5.30. The van der Waals surface area contributed by atoms with E-state index in [1.807, 2.05) is 55.4 Å². The molecule has 0 saturated carbocycles. The van der Waals surface area contributed by atoms with Gasteiger partial charge in [0.25, 0.3) is 0 Å². The van der Waals surface area contributed by atoms with Gasteiger partial charge in [-0.25, -0.2) is 8.42 Å². The van der Waals surface area contributed by atoms with Crippen LogP contribution in [-0.4, -0.2) is 45.0 Å². The summed E-state index contributed by atoms with van der Waals surface area (Å²) in [4.78, 5) is 14.9. The van der Waals surface area contributed by atoms with Gasteiger partial charge in [-0.15, -0.1) is 0 Å². The Morgan fingerprint density at radius 2 is 1.76 bits per heavy atom. The van der Waals surface area contributed by atoms with Crippen LogP contribution in [0.1, 0.15) is 88.8 Å². The number of nitrogens with one attached hydrogen (secondary N) is 2. The first-order valence-corrected chi connectivity index (χ1v) is 16.7. The third kappa shape index (κ3) is 7.82. The number of alkyl halides is 1. The molecule has 2 aromatic carbocycles. The Kier molecular flexibility index (Phi) is 11.2. The number of sulfone groups is 1. The molecule has 8 heteroatoms. The number of nitrogens with zero attached hydrogens (tertiary/aromatic N) is 1. The standard InChI is InChI=1S/C30H44BrN3O3S/c1-5-7-17-30(18-8-6-2)22-38(36,37)27-16-15-25(34(3)4)21-26(27)29(33-30)23-12-11-13-24(20-23)32-28(35)14-9-10-19-31/h11-13,15-16,20-21,29,33H,5-10,14,17-19,22H2,1-4H3,(H,32,35). The quantitative estimate of drug-likeness (QED) is 0.193. The van der Waals surface area contributed by atoms with E-state index in [0.29, 0.717) is 11.3 Å². The van der Waals surface area contributed by atoms with Crippen LogP contribution in [0.2, 0.25) is 0 Å². The zero-order valence-electron chi connectivity index (χ0n) is 23.4. The lowest BCUT2D eigenvalue weighted by atomic mass is 9.86. The normalized spacial score (nSPS) is 17.9. The molecular weight excluding hydrogens is 562 g/mol. The summed E-state index contributed by atoms with van der Waals surface area (Å²) in [5.74, 6) is 0.0875. The summed E-state index contributed by atoms with van der Waals surface area (Å²) in [6, 6.07) is 13.2. The zero-order chi connectivity index (χ0) is 27.8. The summed E-state index contributed by atoms with van der Waals surface area (Å²) in [5.41, 5.74) is 2.89. The van der Waals surface area contributed by atoms with Gasteiger partial charge in [-0.3, -0.25) is 10.1 Å². The molecule has 0 spiro atoms. The Labute approximate surface area is 238 Å². The molecule has 0 fully saturated rings. The topological polar surface area (TPSA) is 78.5 Å². The van der Waals surface area contributed by atoms with Crippen LogP contribution in [0.5, 0.6) is 0 Å². The minimum Gasteiger partial charge on any atom is -0.378 e. The van der Waals surface area contributed by atoms with Crippen LogP contribution in [0.3, 0.4) is 0 Å². The number of carbonyl (C=O) groups excluding carboxylic acids is 1. The van der Waals surface area contributed by atoms with E-state index in [-0.39, 0.29) is 17.7 Å². The third-order valence-corrected chi connectivity index (χ3v) is 9.92. The SMILES string of the molecule is CCCCC1(CCCC)CS(=O)(=O)c2ccc(N(C)C)cc2C(c2cccc(NC(=O)CCCCBr)c2)N1. The number of hydrogen-bond acceptors (Lipinski definition) is 5. The number of hydrogen-bond donors (Lipinski definition) is 2. The van der Waals surface area contributed by atoms with Crippen molar-refractivity contribution in [2.24, 2.45) is 0 Å². The molecule has 38 heavy (non-hydrogen) atoms. The van der Waals surface area contributed by atoms with E-state index < -0.39 is 15.4 Å². The molecule has 0 bridgehead atoms. The lowest BCUT2D eigenvalue weighted by Gasteiger charge is -2.37. The van der Waals surface area contributed by atoms with Crippen LogP contribution in [0.15, 0.2) is 47.4 Å². The fourth-order valence-corrected chi connectivity index (χ4v) is 7.76. The second kappa shape index (κ2) is 13.9. The first kappa shape index (κ1) is 30.6. The highest BCUT2D eigenvalue weighted by atomic mass is 79.9. The number of carbonyl (C=O) groups is 1. The monoisotopic (exact) mass is 605 g/mol. The van der Waals surface area contributed by atoms with Crippen LogP contribution in [-0.2, 0) is 14.6 Å². The molecule has 1 aliphatic rings. The van der Waals surface area contributed by atoms with Gasteiger partial charge in [-0.1, -0.05) is 67.6 Å². The van der Waals surface area contributed by atoms with Gasteiger partial charge in [0.1, 0.15) is 0 Å². The lowest BCUT2D eigenvalue weighted by molar-refractivity contribution is -0.116. The van der Waals surface area contributed by atoms with Crippen molar-refractivity contribution in [2.75, 3.05) is 35.4 Å². The van der Waals surface area contributed by atoms with Gasteiger partial charge in [0.2, 0.25) is 5.91 Å². The fraction of sp³-hybridized carbons (Fsp3) is 0.567. The summed E-state index contributed by atoms with van der Waals surface area (Å²) in [5, 5.41) is 7.83. The Morgan fingerprint density at radius 3 is 2.39 bits per heavy atom. The Hall–Kier alpha value is -1.90. The minimum absolute atomic E-state index is 0.00460. The van der Waals surface area contributed by atoms with Gasteiger partial charge < -0.3 is 10.2 Å². The molecule has 1 aliphatic heterocycles. The van der Waals surface area contributed by atoms with E-state index in [2.05, 4.69) is 40.4 Å². The average Bonchev–Trinajstić information content (AvgIpc) is 2.98. The maximum Gasteiger partial charge on any atom is 0.224 e. The zero-order valence-corrected chi connectivity index (χ0v) is 25.8.